The summed E-state index contributed by atoms with van der Waals surface area (Å²) in [6.45, 7) is 4.24. The van der Waals surface area contributed by atoms with E-state index in [1.54, 1.807) is 38.1 Å². The molecule has 6 nitrogen and oxygen atoms in total. The number of benzene rings is 3. The number of anilines is 2. The van der Waals surface area contributed by atoms with Crippen molar-refractivity contribution in [2.45, 2.75) is 13.8 Å². The number of ether oxygens (including phenoxy) is 2. The van der Waals surface area contributed by atoms with Gasteiger partial charge in [0, 0.05) is 18.2 Å². The smallest absolute Gasteiger partial charge is 0.258 e. The SMILES string of the molecule is CCOc1cc(NC(=O)c2ccccc2F)c(OCC)cc1NC(=O)C=Cc1ccccc1. The number of rotatable bonds is 9. The molecule has 0 atom stereocenters. The first-order valence-corrected chi connectivity index (χ1v) is 10.6. The molecule has 0 spiro atoms. The second-order valence-corrected chi connectivity index (χ2v) is 6.88. The van der Waals surface area contributed by atoms with Gasteiger partial charge in [0.15, 0.2) is 0 Å². The summed E-state index contributed by atoms with van der Waals surface area (Å²) in [5.74, 6) is -0.962. The highest BCUT2D eigenvalue weighted by molar-refractivity contribution is 6.06. The van der Waals surface area contributed by atoms with E-state index in [0.29, 0.717) is 36.1 Å². The van der Waals surface area contributed by atoms with E-state index in [-0.39, 0.29) is 11.5 Å². The monoisotopic (exact) mass is 448 g/mol. The van der Waals surface area contributed by atoms with Crippen LogP contribution in [0.5, 0.6) is 11.5 Å². The summed E-state index contributed by atoms with van der Waals surface area (Å²) in [6, 6.07) is 18.2. The zero-order valence-corrected chi connectivity index (χ0v) is 18.4. The van der Waals surface area contributed by atoms with Crippen molar-refractivity contribution >= 4 is 29.3 Å². The minimum atomic E-state index is -0.632. The largest absolute Gasteiger partial charge is 0.492 e. The summed E-state index contributed by atoms with van der Waals surface area (Å²) in [5, 5.41) is 5.45. The Morgan fingerprint density at radius 1 is 0.848 bits per heavy atom. The van der Waals surface area contributed by atoms with Crippen LogP contribution >= 0.6 is 0 Å². The van der Waals surface area contributed by atoms with Gasteiger partial charge < -0.3 is 20.1 Å². The summed E-state index contributed by atoms with van der Waals surface area (Å²) >= 11 is 0. The fourth-order valence-electron chi connectivity index (χ4n) is 3.05. The highest BCUT2D eigenvalue weighted by Gasteiger charge is 2.18. The van der Waals surface area contributed by atoms with Crippen LogP contribution in [0.4, 0.5) is 15.8 Å². The van der Waals surface area contributed by atoms with Crippen molar-refractivity contribution in [2.75, 3.05) is 23.8 Å². The maximum Gasteiger partial charge on any atom is 0.258 e. The lowest BCUT2D eigenvalue weighted by atomic mass is 10.1. The zero-order chi connectivity index (χ0) is 23.6. The molecule has 7 heteroatoms. The second-order valence-electron chi connectivity index (χ2n) is 6.88. The molecule has 0 unspecified atom stereocenters. The summed E-state index contributed by atoms with van der Waals surface area (Å²) in [5.41, 5.74) is 1.47. The molecule has 0 aliphatic carbocycles. The van der Waals surface area contributed by atoms with Crippen LogP contribution in [0.15, 0.2) is 72.8 Å². The van der Waals surface area contributed by atoms with Crippen molar-refractivity contribution in [2.24, 2.45) is 0 Å². The minimum Gasteiger partial charge on any atom is -0.492 e. The van der Waals surface area contributed by atoms with Gasteiger partial charge in [0.2, 0.25) is 5.91 Å². The van der Waals surface area contributed by atoms with Crippen LogP contribution < -0.4 is 20.1 Å². The number of nitrogens with one attached hydrogen (secondary N) is 2. The van der Waals surface area contributed by atoms with Gasteiger partial charge in [0.25, 0.3) is 5.91 Å². The molecule has 0 aromatic heterocycles. The van der Waals surface area contributed by atoms with E-state index in [1.807, 2.05) is 30.3 Å². The van der Waals surface area contributed by atoms with E-state index in [2.05, 4.69) is 10.6 Å². The molecule has 3 aromatic carbocycles. The molecular weight excluding hydrogens is 423 g/mol. The standard InChI is InChI=1S/C26H25FN2O4/c1-3-32-23-17-22(29-26(31)19-12-8-9-13-20(19)27)24(33-4-2)16-21(23)28-25(30)15-14-18-10-6-5-7-11-18/h5-17H,3-4H2,1-2H3,(H,28,30)(H,29,31). The number of hydrogen-bond acceptors (Lipinski definition) is 4. The Balaban J connectivity index is 1.87. The third kappa shape index (κ3) is 6.43. The van der Waals surface area contributed by atoms with Gasteiger partial charge in [-0.15, -0.1) is 0 Å². The molecular formula is C26H25FN2O4. The molecule has 0 aliphatic rings. The van der Waals surface area contributed by atoms with Crippen molar-refractivity contribution in [3.63, 3.8) is 0 Å². The molecule has 0 bridgehead atoms. The maximum absolute atomic E-state index is 14.0. The Hall–Kier alpha value is -4.13. The first-order valence-electron chi connectivity index (χ1n) is 10.6. The van der Waals surface area contributed by atoms with Gasteiger partial charge in [0.1, 0.15) is 17.3 Å². The average Bonchev–Trinajstić information content (AvgIpc) is 2.81. The van der Waals surface area contributed by atoms with E-state index in [9.17, 15) is 14.0 Å². The molecule has 0 radical (unpaired) electrons. The lowest BCUT2D eigenvalue weighted by Crippen LogP contribution is -2.16. The Morgan fingerprint density at radius 3 is 2.03 bits per heavy atom. The Labute approximate surface area is 192 Å². The van der Waals surface area contributed by atoms with Gasteiger partial charge in [-0.25, -0.2) is 4.39 Å². The highest BCUT2D eigenvalue weighted by atomic mass is 19.1. The topological polar surface area (TPSA) is 76.7 Å². The van der Waals surface area contributed by atoms with Crippen LogP contribution in [0, 0.1) is 5.82 Å². The normalized spacial score (nSPS) is 10.6. The van der Waals surface area contributed by atoms with Gasteiger partial charge in [-0.3, -0.25) is 9.59 Å². The molecule has 3 rings (SSSR count). The third-order valence-electron chi connectivity index (χ3n) is 4.53. The van der Waals surface area contributed by atoms with Crippen LogP contribution in [0.25, 0.3) is 6.08 Å². The van der Waals surface area contributed by atoms with Crippen LogP contribution in [-0.4, -0.2) is 25.0 Å². The van der Waals surface area contributed by atoms with E-state index in [0.717, 1.165) is 5.56 Å². The molecule has 0 fully saturated rings. The maximum atomic E-state index is 14.0. The summed E-state index contributed by atoms with van der Waals surface area (Å²) in [4.78, 5) is 25.1. The molecule has 2 N–H and O–H groups in total. The number of carbonyl (C=O) groups excluding carboxylic acids is 2. The number of hydrogen-bond donors (Lipinski definition) is 2. The Kier molecular flexibility index (Phi) is 8.18. The van der Waals surface area contributed by atoms with Crippen molar-refractivity contribution in [1.29, 1.82) is 0 Å². The molecule has 33 heavy (non-hydrogen) atoms. The Bertz CT molecular complexity index is 1150. The first kappa shape index (κ1) is 23.5. The molecule has 0 aliphatic heterocycles. The van der Waals surface area contributed by atoms with Crippen LogP contribution in [0.2, 0.25) is 0 Å². The molecule has 0 saturated heterocycles. The molecule has 170 valence electrons. The number of carbonyl (C=O) groups is 2. The van der Waals surface area contributed by atoms with E-state index >= 15 is 0 Å². The summed E-state index contributed by atoms with van der Waals surface area (Å²) in [6.07, 6.45) is 3.11. The summed E-state index contributed by atoms with van der Waals surface area (Å²) < 4.78 is 25.3. The highest BCUT2D eigenvalue weighted by Crippen LogP contribution is 2.37. The van der Waals surface area contributed by atoms with Crippen LogP contribution in [0.3, 0.4) is 0 Å². The first-order chi connectivity index (χ1) is 16.0. The van der Waals surface area contributed by atoms with Crippen LogP contribution in [0.1, 0.15) is 29.8 Å². The fraction of sp³-hybridized carbons (Fsp3) is 0.154. The molecule has 2 amide bonds. The van der Waals surface area contributed by atoms with E-state index in [4.69, 9.17) is 9.47 Å². The summed E-state index contributed by atoms with van der Waals surface area (Å²) in [7, 11) is 0. The van der Waals surface area contributed by atoms with Crippen molar-refractivity contribution in [1.82, 2.24) is 0 Å². The average molecular weight is 448 g/mol. The minimum absolute atomic E-state index is 0.0960. The predicted octanol–water partition coefficient (Wildman–Crippen LogP) is 5.53. The predicted molar refractivity (Wildman–Crippen MR) is 127 cm³/mol. The van der Waals surface area contributed by atoms with Gasteiger partial charge in [0.05, 0.1) is 30.2 Å². The number of halogens is 1. The molecule has 0 saturated carbocycles. The van der Waals surface area contributed by atoms with E-state index in [1.165, 1.54) is 24.3 Å². The van der Waals surface area contributed by atoms with Gasteiger partial charge in [-0.1, -0.05) is 42.5 Å². The quantitative estimate of drug-likeness (QED) is 0.422. The van der Waals surface area contributed by atoms with Gasteiger partial charge >= 0.3 is 0 Å². The van der Waals surface area contributed by atoms with Gasteiger partial charge in [-0.2, -0.15) is 0 Å². The lowest BCUT2D eigenvalue weighted by Gasteiger charge is -2.17. The Morgan fingerprint density at radius 2 is 1.42 bits per heavy atom. The lowest BCUT2D eigenvalue weighted by molar-refractivity contribution is -0.111. The zero-order valence-electron chi connectivity index (χ0n) is 18.4. The van der Waals surface area contributed by atoms with Crippen LogP contribution in [-0.2, 0) is 4.79 Å². The number of amides is 2. The molecule has 0 heterocycles. The van der Waals surface area contributed by atoms with Crippen molar-refractivity contribution in [3.05, 3.63) is 89.8 Å². The van der Waals surface area contributed by atoms with Crippen molar-refractivity contribution < 1.29 is 23.5 Å². The van der Waals surface area contributed by atoms with Gasteiger partial charge in [-0.05, 0) is 37.6 Å². The second kappa shape index (κ2) is 11.5. The van der Waals surface area contributed by atoms with Crippen molar-refractivity contribution in [3.8, 4) is 11.5 Å². The molecule has 3 aromatic rings. The third-order valence-corrected chi connectivity index (χ3v) is 4.53. The fourth-order valence-corrected chi connectivity index (χ4v) is 3.05. The van der Waals surface area contributed by atoms with E-state index < -0.39 is 11.7 Å².